The average Bonchev–Trinajstić information content (AvgIpc) is 2.07. The summed E-state index contributed by atoms with van der Waals surface area (Å²) < 4.78 is 0. The largest absolute Gasteiger partial charge is 0.328 e. The molecule has 0 radical (unpaired) electrons. The zero-order valence-corrected chi connectivity index (χ0v) is 13.1. The van der Waals surface area contributed by atoms with Crippen LogP contribution in [0.25, 0.3) is 0 Å². The van der Waals surface area contributed by atoms with Crippen LogP contribution in [0.15, 0.2) is 12.2 Å². The van der Waals surface area contributed by atoms with Crippen molar-refractivity contribution in [2.45, 2.75) is 73.8 Å². The molecule has 1 heteroatoms. The Morgan fingerprint density at radius 2 is 1.59 bits per heavy atom. The number of hydrogen-bond donors (Lipinski definition) is 1. The summed E-state index contributed by atoms with van der Waals surface area (Å²) in [5, 5.41) is 0. The van der Waals surface area contributed by atoms with Gasteiger partial charge in [0.2, 0.25) is 0 Å². The van der Waals surface area contributed by atoms with Crippen LogP contribution >= 0.6 is 0 Å². The van der Waals surface area contributed by atoms with Gasteiger partial charge in [-0.05, 0) is 42.9 Å². The van der Waals surface area contributed by atoms with Crippen molar-refractivity contribution < 1.29 is 0 Å². The molecule has 0 aliphatic carbocycles. The summed E-state index contributed by atoms with van der Waals surface area (Å²) >= 11 is 0. The summed E-state index contributed by atoms with van der Waals surface area (Å²) in [6.45, 7) is 20.3. The Kier molecular flexibility index (Phi) is 5.93. The first-order chi connectivity index (χ1) is 7.43. The molecular formula is C16H33N. The number of allylic oxidation sites excluding steroid dienone is 1. The van der Waals surface area contributed by atoms with E-state index in [1.54, 1.807) is 0 Å². The Labute approximate surface area is 109 Å². The van der Waals surface area contributed by atoms with E-state index in [-0.39, 0.29) is 6.04 Å². The summed E-state index contributed by atoms with van der Waals surface area (Å²) in [5.41, 5.74) is 7.87. The fourth-order valence-corrected chi connectivity index (χ4v) is 2.26. The van der Waals surface area contributed by atoms with Gasteiger partial charge in [-0.25, -0.2) is 0 Å². The normalized spacial score (nSPS) is 16.7. The molecule has 2 atom stereocenters. The van der Waals surface area contributed by atoms with E-state index in [2.05, 4.69) is 55.0 Å². The van der Waals surface area contributed by atoms with E-state index in [9.17, 15) is 0 Å². The van der Waals surface area contributed by atoms with E-state index in [0.29, 0.717) is 16.7 Å². The molecule has 0 rings (SSSR count). The van der Waals surface area contributed by atoms with Crippen molar-refractivity contribution in [1.29, 1.82) is 0 Å². The van der Waals surface area contributed by atoms with Crippen LogP contribution in [-0.2, 0) is 0 Å². The minimum absolute atomic E-state index is 0.280. The zero-order valence-electron chi connectivity index (χ0n) is 13.1. The lowest BCUT2D eigenvalue weighted by molar-refractivity contribution is 0.192. The molecule has 0 spiro atoms. The second-order valence-electron chi connectivity index (χ2n) is 7.86. The van der Waals surface area contributed by atoms with Gasteiger partial charge in [0, 0.05) is 6.04 Å². The molecule has 0 aliphatic heterocycles. The highest BCUT2D eigenvalue weighted by molar-refractivity contribution is 5.06. The summed E-state index contributed by atoms with van der Waals surface area (Å²) in [7, 11) is 0. The minimum Gasteiger partial charge on any atom is -0.328 e. The van der Waals surface area contributed by atoms with Gasteiger partial charge in [-0.1, -0.05) is 53.7 Å². The maximum absolute atomic E-state index is 5.84. The number of rotatable bonds is 5. The van der Waals surface area contributed by atoms with E-state index in [1.807, 2.05) is 0 Å². The Balaban J connectivity index is 4.65. The van der Waals surface area contributed by atoms with Gasteiger partial charge in [0.25, 0.3) is 0 Å². The van der Waals surface area contributed by atoms with Gasteiger partial charge in [0.15, 0.2) is 0 Å². The van der Waals surface area contributed by atoms with Crippen LogP contribution in [0.1, 0.15) is 67.7 Å². The quantitative estimate of drug-likeness (QED) is 0.687. The lowest BCUT2D eigenvalue weighted by atomic mass is 9.68. The monoisotopic (exact) mass is 239 g/mol. The first-order valence-corrected chi connectivity index (χ1v) is 6.87. The third kappa shape index (κ3) is 7.59. The molecule has 1 nitrogen and oxygen atoms in total. The average molecular weight is 239 g/mol. The molecule has 0 aromatic rings. The number of nitrogens with two attached hydrogens (primary N) is 1. The van der Waals surface area contributed by atoms with Gasteiger partial charge in [-0.3, -0.25) is 0 Å². The van der Waals surface area contributed by atoms with Crippen molar-refractivity contribution in [3.63, 3.8) is 0 Å². The fraction of sp³-hybridized carbons (Fsp3) is 0.875. The molecule has 0 heterocycles. The van der Waals surface area contributed by atoms with Crippen molar-refractivity contribution in [3.05, 3.63) is 12.2 Å². The topological polar surface area (TPSA) is 26.0 Å². The molecule has 0 saturated carbocycles. The fourth-order valence-electron chi connectivity index (χ4n) is 2.26. The Bertz CT molecular complexity index is 237. The Hall–Kier alpha value is -0.300. The van der Waals surface area contributed by atoms with E-state index < -0.39 is 0 Å². The van der Waals surface area contributed by atoms with Crippen LogP contribution < -0.4 is 5.73 Å². The van der Waals surface area contributed by atoms with E-state index in [0.717, 1.165) is 12.8 Å². The van der Waals surface area contributed by atoms with Crippen LogP contribution in [-0.4, -0.2) is 6.04 Å². The predicted octanol–water partition coefficient (Wildman–Crippen LogP) is 4.77. The molecular weight excluding hydrogens is 206 g/mol. The van der Waals surface area contributed by atoms with Gasteiger partial charge < -0.3 is 5.73 Å². The Morgan fingerprint density at radius 1 is 1.12 bits per heavy atom. The molecule has 0 aromatic heterocycles. The summed E-state index contributed by atoms with van der Waals surface area (Å²) in [5.74, 6) is 0.584. The summed E-state index contributed by atoms with van der Waals surface area (Å²) in [6.07, 6.45) is 3.32. The van der Waals surface area contributed by atoms with Crippen molar-refractivity contribution in [1.82, 2.24) is 0 Å². The third-order valence-corrected chi connectivity index (χ3v) is 3.28. The van der Waals surface area contributed by atoms with Gasteiger partial charge in [0.1, 0.15) is 0 Å². The molecule has 0 aliphatic rings. The lowest BCUT2D eigenvalue weighted by Gasteiger charge is -2.37. The van der Waals surface area contributed by atoms with Crippen LogP contribution in [0.4, 0.5) is 0 Å². The SMILES string of the molecule is C=C(CCC(C)N)C(CC(C)(C)C)C(C)(C)C. The number of hydrogen-bond acceptors (Lipinski definition) is 1. The van der Waals surface area contributed by atoms with Crippen molar-refractivity contribution >= 4 is 0 Å². The Morgan fingerprint density at radius 3 is 1.88 bits per heavy atom. The van der Waals surface area contributed by atoms with Crippen LogP contribution in [0.5, 0.6) is 0 Å². The molecule has 2 N–H and O–H groups in total. The minimum atomic E-state index is 0.280. The predicted molar refractivity (Wildman–Crippen MR) is 79.0 cm³/mol. The van der Waals surface area contributed by atoms with Gasteiger partial charge >= 0.3 is 0 Å². The highest BCUT2D eigenvalue weighted by Crippen LogP contribution is 2.41. The molecule has 17 heavy (non-hydrogen) atoms. The molecule has 2 unspecified atom stereocenters. The molecule has 0 fully saturated rings. The first-order valence-electron chi connectivity index (χ1n) is 6.87. The van der Waals surface area contributed by atoms with E-state index >= 15 is 0 Å². The first kappa shape index (κ1) is 16.7. The second kappa shape index (κ2) is 6.04. The van der Waals surface area contributed by atoms with Crippen LogP contribution in [0.2, 0.25) is 0 Å². The van der Waals surface area contributed by atoms with E-state index in [1.165, 1.54) is 12.0 Å². The highest BCUT2D eigenvalue weighted by Gasteiger charge is 2.30. The van der Waals surface area contributed by atoms with Gasteiger partial charge in [0.05, 0.1) is 0 Å². The summed E-state index contributed by atoms with van der Waals surface area (Å²) in [4.78, 5) is 0. The van der Waals surface area contributed by atoms with Crippen LogP contribution in [0, 0.1) is 16.7 Å². The molecule has 102 valence electrons. The maximum atomic E-state index is 5.84. The highest BCUT2D eigenvalue weighted by atomic mass is 14.6. The van der Waals surface area contributed by atoms with Crippen molar-refractivity contribution in [2.75, 3.05) is 0 Å². The second-order valence-corrected chi connectivity index (χ2v) is 7.86. The van der Waals surface area contributed by atoms with Crippen LogP contribution in [0.3, 0.4) is 0 Å². The van der Waals surface area contributed by atoms with Gasteiger partial charge in [-0.15, -0.1) is 0 Å². The molecule has 0 saturated heterocycles. The smallest absolute Gasteiger partial charge is 0.00135 e. The van der Waals surface area contributed by atoms with Crippen molar-refractivity contribution in [2.24, 2.45) is 22.5 Å². The standard InChI is InChI=1S/C16H33N/c1-12(9-10-13(2)17)14(16(6,7)8)11-15(3,4)5/h13-14H,1,9-11,17H2,2-8H3. The van der Waals surface area contributed by atoms with E-state index in [4.69, 9.17) is 5.73 Å². The summed E-state index contributed by atoms with van der Waals surface area (Å²) in [6, 6.07) is 0.280. The molecule has 0 bridgehead atoms. The third-order valence-electron chi connectivity index (χ3n) is 3.28. The molecule has 0 aromatic carbocycles. The lowest BCUT2D eigenvalue weighted by Crippen LogP contribution is -2.27. The molecule has 0 amide bonds. The maximum Gasteiger partial charge on any atom is 0.00135 e. The van der Waals surface area contributed by atoms with Crippen molar-refractivity contribution in [3.8, 4) is 0 Å². The zero-order chi connectivity index (χ0) is 13.9. The van der Waals surface area contributed by atoms with Gasteiger partial charge in [-0.2, -0.15) is 0 Å².